The molecule has 6 heteroatoms. The number of imide groups is 1. The Hall–Kier alpha value is -3.41. The topological polar surface area (TPSA) is 72.9 Å². The predicted octanol–water partition coefficient (Wildman–Crippen LogP) is 3.51. The first-order valence-electron chi connectivity index (χ1n) is 11.0. The van der Waals surface area contributed by atoms with Gasteiger partial charge in [0, 0.05) is 5.56 Å². The van der Waals surface area contributed by atoms with Crippen LogP contribution in [0.4, 0.5) is 5.69 Å². The van der Waals surface area contributed by atoms with Crippen molar-refractivity contribution in [3.8, 4) is 11.5 Å². The molecule has 2 amide bonds. The van der Waals surface area contributed by atoms with Crippen molar-refractivity contribution in [2.75, 3.05) is 18.6 Å². The van der Waals surface area contributed by atoms with E-state index in [0.29, 0.717) is 34.6 Å². The Labute approximate surface area is 185 Å². The van der Waals surface area contributed by atoms with Gasteiger partial charge >= 0.3 is 0 Å². The minimum absolute atomic E-state index is 0.0759. The molecule has 0 N–H and O–H groups in total. The third-order valence-electron chi connectivity index (χ3n) is 7.54. The Morgan fingerprint density at radius 2 is 1.44 bits per heavy atom. The van der Waals surface area contributed by atoms with Crippen molar-refractivity contribution in [1.82, 2.24) is 0 Å². The second-order valence-corrected chi connectivity index (χ2v) is 9.10. The van der Waals surface area contributed by atoms with Gasteiger partial charge in [0.25, 0.3) is 0 Å². The van der Waals surface area contributed by atoms with Crippen LogP contribution >= 0.6 is 0 Å². The van der Waals surface area contributed by atoms with Crippen LogP contribution in [0.25, 0.3) is 0 Å². The zero-order chi connectivity index (χ0) is 22.0. The van der Waals surface area contributed by atoms with E-state index in [-0.39, 0.29) is 47.9 Å². The zero-order valence-electron chi connectivity index (χ0n) is 17.6. The average molecular weight is 429 g/mol. The van der Waals surface area contributed by atoms with Crippen LogP contribution < -0.4 is 14.4 Å². The Bertz CT molecular complexity index is 1100. The number of amides is 2. The van der Waals surface area contributed by atoms with E-state index >= 15 is 0 Å². The minimum Gasteiger partial charge on any atom is -0.497 e. The van der Waals surface area contributed by atoms with Crippen LogP contribution in [0, 0.1) is 35.5 Å². The number of benzene rings is 2. The first-order chi connectivity index (χ1) is 15.6. The number of carbonyl (C=O) groups is 3. The number of hydrogen-bond donors (Lipinski definition) is 0. The van der Waals surface area contributed by atoms with Crippen LogP contribution in [0.15, 0.2) is 60.7 Å². The lowest BCUT2D eigenvalue weighted by atomic mass is 9.63. The summed E-state index contributed by atoms with van der Waals surface area (Å²) in [6.07, 6.45) is 5.49. The molecule has 6 nitrogen and oxygen atoms in total. The van der Waals surface area contributed by atoms with Crippen LogP contribution in [-0.4, -0.2) is 31.3 Å². The highest BCUT2D eigenvalue weighted by molar-refractivity contribution is 6.22. The second-order valence-electron chi connectivity index (χ2n) is 9.10. The molecule has 3 fully saturated rings. The molecule has 1 saturated heterocycles. The van der Waals surface area contributed by atoms with E-state index in [4.69, 9.17) is 9.47 Å². The molecule has 1 aliphatic heterocycles. The predicted molar refractivity (Wildman–Crippen MR) is 116 cm³/mol. The molecule has 7 rings (SSSR count). The average Bonchev–Trinajstić information content (AvgIpc) is 3.61. The molecular formula is C26H23NO5. The molecule has 0 spiro atoms. The molecule has 5 aliphatic rings. The summed E-state index contributed by atoms with van der Waals surface area (Å²) in [5.41, 5.74) is 1.11. The summed E-state index contributed by atoms with van der Waals surface area (Å²) in [5.74, 6) is 2.07. The van der Waals surface area contributed by atoms with Crippen molar-refractivity contribution < 1.29 is 23.9 Å². The van der Waals surface area contributed by atoms with Gasteiger partial charge in [-0.15, -0.1) is 0 Å². The van der Waals surface area contributed by atoms with Crippen molar-refractivity contribution in [2.45, 2.75) is 6.42 Å². The quantitative estimate of drug-likeness (QED) is 0.399. The van der Waals surface area contributed by atoms with Crippen molar-refractivity contribution in [1.29, 1.82) is 0 Å². The molecule has 4 aliphatic carbocycles. The van der Waals surface area contributed by atoms with Gasteiger partial charge in [-0.25, -0.2) is 0 Å². The number of nitrogens with zero attached hydrogens (tertiary/aromatic N) is 1. The number of Topliss-reactive ketones (excluding diaryl/α,β-unsaturated/α-hetero) is 1. The largest absolute Gasteiger partial charge is 0.497 e. The number of hydrogen-bond acceptors (Lipinski definition) is 5. The molecular weight excluding hydrogens is 406 g/mol. The van der Waals surface area contributed by atoms with Crippen LogP contribution in [0.3, 0.4) is 0 Å². The van der Waals surface area contributed by atoms with Crippen molar-refractivity contribution >= 4 is 23.3 Å². The third kappa shape index (κ3) is 2.82. The first-order valence-corrected chi connectivity index (χ1v) is 11.0. The first kappa shape index (κ1) is 19.3. The summed E-state index contributed by atoms with van der Waals surface area (Å²) in [6.45, 7) is -0.102. The maximum absolute atomic E-state index is 13.2. The lowest BCUT2D eigenvalue weighted by molar-refractivity contribution is -0.124. The smallest absolute Gasteiger partial charge is 0.238 e. The summed E-state index contributed by atoms with van der Waals surface area (Å²) in [6, 6.07) is 13.7. The highest BCUT2D eigenvalue weighted by Gasteiger charge is 2.67. The standard InChI is InChI=1S/C26H23NO5/c1-31-16-6-2-14(3-7-16)22(28)13-32-17-8-4-15(5-9-17)27-25(29)23-18-10-11-19(21-12-20(18)21)24(23)26(27)30/h2-11,18-21,23-24H,12-13H2,1H3/t18-,19-,20-,21+,23-,24+/m1/s1. The number of rotatable bonds is 6. The fourth-order valence-electron chi connectivity index (χ4n) is 5.91. The number of allylic oxidation sites excluding steroid dienone is 2. The van der Waals surface area contributed by atoms with Gasteiger partial charge in [-0.05, 0) is 78.6 Å². The van der Waals surface area contributed by atoms with E-state index in [9.17, 15) is 14.4 Å². The number of ketones is 1. The number of methoxy groups -OCH3 is 1. The molecule has 1 heterocycles. The number of carbonyl (C=O) groups excluding carboxylic acids is 3. The van der Waals surface area contributed by atoms with Crippen molar-refractivity contribution in [3.05, 3.63) is 66.2 Å². The van der Waals surface area contributed by atoms with Crippen LogP contribution in [-0.2, 0) is 9.59 Å². The normalized spacial score (nSPS) is 31.3. The van der Waals surface area contributed by atoms with Gasteiger partial charge in [-0.2, -0.15) is 0 Å². The fourth-order valence-corrected chi connectivity index (χ4v) is 5.91. The maximum atomic E-state index is 13.2. The van der Waals surface area contributed by atoms with E-state index in [1.165, 1.54) is 4.90 Å². The third-order valence-corrected chi connectivity index (χ3v) is 7.54. The highest BCUT2D eigenvalue weighted by Crippen LogP contribution is 2.65. The van der Waals surface area contributed by atoms with Gasteiger partial charge in [-0.3, -0.25) is 19.3 Å². The van der Waals surface area contributed by atoms with Gasteiger partial charge in [0.1, 0.15) is 11.5 Å². The number of anilines is 1. The summed E-state index contributed by atoms with van der Waals surface area (Å²) in [5, 5.41) is 0. The van der Waals surface area contributed by atoms with Gasteiger partial charge in [-0.1, -0.05) is 12.2 Å². The Balaban J connectivity index is 1.14. The lowest BCUT2D eigenvalue weighted by Gasteiger charge is -2.37. The zero-order valence-corrected chi connectivity index (χ0v) is 17.6. The summed E-state index contributed by atoms with van der Waals surface area (Å²) >= 11 is 0. The Morgan fingerprint density at radius 1 is 0.875 bits per heavy atom. The summed E-state index contributed by atoms with van der Waals surface area (Å²) < 4.78 is 10.7. The van der Waals surface area contributed by atoms with Crippen LogP contribution in [0.5, 0.6) is 11.5 Å². The summed E-state index contributed by atoms with van der Waals surface area (Å²) in [4.78, 5) is 40.1. The maximum Gasteiger partial charge on any atom is 0.238 e. The molecule has 32 heavy (non-hydrogen) atoms. The van der Waals surface area contributed by atoms with Crippen molar-refractivity contribution in [2.24, 2.45) is 35.5 Å². The van der Waals surface area contributed by atoms with E-state index < -0.39 is 0 Å². The molecule has 6 atom stereocenters. The molecule has 2 bridgehead atoms. The minimum atomic E-state index is -0.209. The van der Waals surface area contributed by atoms with E-state index in [0.717, 1.165) is 6.42 Å². The molecule has 2 saturated carbocycles. The monoisotopic (exact) mass is 429 g/mol. The second kappa shape index (κ2) is 7.05. The Kier molecular flexibility index (Phi) is 4.25. The van der Waals surface area contributed by atoms with Crippen LogP contribution in [0.1, 0.15) is 16.8 Å². The molecule has 0 radical (unpaired) electrons. The van der Waals surface area contributed by atoms with Gasteiger partial charge in [0.15, 0.2) is 12.4 Å². The Morgan fingerprint density at radius 3 is 2.00 bits per heavy atom. The molecule has 162 valence electrons. The summed E-state index contributed by atoms with van der Waals surface area (Å²) in [7, 11) is 1.57. The molecule has 0 unspecified atom stereocenters. The van der Waals surface area contributed by atoms with Gasteiger partial charge in [0.2, 0.25) is 11.8 Å². The highest BCUT2D eigenvalue weighted by atomic mass is 16.5. The molecule has 2 aromatic carbocycles. The van der Waals surface area contributed by atoms with Crippen molar-refractivity contribution in [3.63, 3.8) is 0 Å². The van der Waals surface area contributed by atoms with Gasteiger partial charge in [0.05, 0.1) is 24.6 Å². The van der Waals surface area contributed by atoms with E-state index in [1.54, 1.807) is 55.6 Å². The fraction of sp³-hybridized carbons (Fsp3) is 0.346. The molecule has 0 aromatic heterocycles. The number of ether oxygens (including phenoxy) is 2. The van der Waals surface area contributed by atoms with E-state index in [1.807, 2.05) is 0 Å². The SMILES string of the molecule is COc1ccc(C(=O)COc2ccc(N3C(=O)[C@@H]4[C@@H]5C=C[C@H]([C@@H]6C[C@H]56)[C@@H]4C3=O)cc2)cc1. The molecule has 2 aromatic rings. The lowest BCUT2D eigenvalue weighted by Crippen LogP contribution is -2.40. The van der Waals surface area contributed by atoms with Gasteiger partial charge < -0.3 is 9.47 Å². The van der Waals surface area contributed by atoms with Crippen LogP contribution in [0.2, 0.25) is 0 Å². The van der Waals surface area contributed by atoms with E-state index in [2.05, 4.69) is 12.2 Å².